The molecule has 2 bridgehead atoms. The Bertz CT molecular complexity index is 760. The molecule has 0 fully saturated rings. The smallest absolute Gasteiger partial charge is 0.408 e. The van der Waals surface area contributed by atoms with Gasteiger partial charge in [-0.25, -0.2) is 4.79 Å². The van der Waals surface area contributed by atoms with Crippen molar-refractivity contribution < 1.29 is 9.53 Å². The van der Waals surface area contributed by atoms with E-state index in [9.17, 15) is 9.59 Å². The van der Waals surface area contributed by atoms with E-state index in [0.29, 0.717) is 13.0 Å². The first-order valence-corrected chi connectivity index (χ1v) is 8.01. The number of alkyl carbamates (subject to hydrolysis) is 1. The lowest BCUT2D eigenvalue weighted by molar-refractivity contribution is 0.138. The number of rotatable bonds is 2. The lowest BCUT2D eigenvalue weighted by atomic mass is 9.63. The van der Waals surface area contributed by atoms with Crippen molar-refractivity contribution >= 4 is 6.09 Å². The van der Waals surface area contributed by atoms with E-state index in [2.05, 4.69) is 29.4 Å². The number of nitrogens with one attached hydrogen (secondary N) is 2. The molecule has 2 atom stereocenters. The fourth-order valence-corrected chi connectivity index (χ4v) is 4.03. The molecule has 1 aromatic rings. The van der Waals surface area contributed by atoms with Gasteiger partial charge in [0.05, 0.1) is 12.1 Å². The predicted octanol–water partition coefficient (Wildman–Crippen LogP) is 2.78. The minimum atomic E-state index is -0.637. The zero-order valence-electron chi connectivity index (χ0n) is 13.7. The van der Waals surface area contributed by atoms with Crippen LogP contribution < -0.4 is 10.9 Å². The third kappa shape index (κ3) is 2.50. The molecule has 0 saturated carbocycles. The van der Waals surface area contributed by atoms with Crippen molar-refractivity contribution in [1.82, 2.24) is 10.3 Å². The topological polar surface area (TPSA) is 71.2 Å². The van der Waals surface area contributed by atoms with Gasteiger partial charge in [0.15, 0.2) is 0 Å². The Balaban J connectivity index is 2.19. The Hall–Kier alpha value is -2.30. The quantitative estimate of drug-likeness (QED) is 0.825. The van der Waals surface area contributed by atoms with Gasteiger partial charge in [0.1, 0.15) is 0 Å². The van der Waals surface area contributed by atoms with Crippen LogP contribution in [0.2, 0.25) is 0 Å². The van der Waals surface area contributed by atoms with E-state index in [4.69, 9.17) is 4.74 Å². The highest BCUT2D eigenvalue weighted by atomic mass is 16.5. The third-order valence-corrected chi connectivity index (χ3v) is 4.71. The van der Waals surface area contributed by atoms with E-state index in [1.165, 1.54) is 11.6 Å². The van der Waals surface area contributed by atoms with Crippen LogP contribution in [0.3, 0.4) is 0 Å². The molecule has 2 unspecified atom stereocenters. The second-order valence-corrected chi connectivity index (χ2v) is 6.21. The van der Waals surface area contributed by atoms with E-state index in [1.54, 1.807) is 6.92 Å². The molecule has 0 aliphatic heterocycles. The molecular weight excluding hydrogens is 292 g/mol. The summed E-state index contributed by atoms with van der Waals surface area (Å²) in [7, 11) is 0. The second-order valence-electron chi connectivity index (χ2n) is 6.21. The molecule has 2 N–H and O–H groups in total. The van der Waals surface area contributed by atoms with Gasteiger partial charge in [-0.15, -0.1) is 0 Å². The summed E-state index contributed by atoms with van der Waals surface area (Å²) in [5.74, 6) is 0.182. The minimum Gasteiger partial charge on any atom is -0.450 e. The molecule has 0 saturated heterocycles. The molecule has 1 amide bonds. The van der Waals surface area contributed by atoms with Crippen LogP contribution in [0.25, 0.3) is 0 Å². The van der Waals surface area contributed by atoms with Crippen molar-refractivity contribution in [2.75, 3.05) is 6.61 Å². The van der Waals surface area contributed by atoms with E-state index < -0.39 is 11.6 Å². The molecule has 1 aromatic heterocycles. The maximum Gasteiger partial charge on any atom is 0.408 e. The van der Waals surface area contributed by atoms with Crippen LogP contribution in [-0.4, -0.2) is 17.7 Å². The number of ether oxygens (including phenoxy) is 1. The molecule has 2 aliphatic rings. The van der Waals surface area contributed by atoms with Crippen LogP contribution in [0.15, 0.2) is 40.2 Å². The van der Waals surface area contributed by atoms with Crippen molar-refractivity contribution in [2.45, 2.75) is 39.2 Å². The lowest BCUT2D eigenvalue weighted by Crippen LogP contribution is -2.53. The molecule has 122 valence electrons. The summed E-state index contributed by atoms with van der Waals surface area (Å²) in [6, 6.07) is 3.35. The maximum atomic E-state index is 12.2. The molecule has 0 radical (unpaired) electrons. The van der Waals surface area contributed by atoms with Crippen molar-refractivity contribution in [3.05, 3.63) is 57.0 Å². The number of carbonyl (C=O) groups is 1. The molecule has 1 heterocycles. The summed E-state index contributed by atoms with van der Waals surface area (Å²) < 4.78 is 5.13. The average Bonchev–Trinajstić information content (AvgIpc) is 2.46. The molecule has 0 spiro atoms. The normalized spacial score (nSPS) is 27.2. The van der Waals surface area contributed by atoms with Gasteiger partial charge < -0.3 is 15.0 Å². The summed E-state index contributed by atoms with van der Waals surface area (Å²) in [6.45, 7) is 6.19. The first-order chi connectivity index (χ1) is 11.0. The molecule has 23 heavy (non-hydrogen) atoms. The summed E-state index contributed by atoms with van der Waals surface area (Å²) >= 11 is 0. The van der Waals surface area contributed by atoms with Crippen LogP contribution in [0.5, 0.6) is 0 Å². The van der Waals surface area contributed by atoms with Crippen LogP contribution in [0, 0.1) is 5.92 Å². The number of hydrogen-bond donors (Lipinski definition) is 2. The van der Waals surface area contributed by atoms with Crippen LogP contribution in [0.1, 0.15) is 38.4 Å². The van der Waals surface area contributed by atoms with Crippen molar-refractivity contribution in [3.8, 4) is 0 Å². The van der Waals surface area contributed by atoms with E-state index in [0.717, 1.165) is 23.3 Å². The van der Waals surface area contributed by atoms with Crippen LogP contribution in [0.4, 0.5) is 4.79 Å². The lowest BCUT2D eigenvalue weighted by Gasteiger charge is -2.47. The Morgan fingerprint density at radius 3 is 3.00 bits per heavy atom. The van der Waals surface area contributed by atoms with Gasteiger partial charge in [0, 0.05) is 23.2 Å². The molecule has 2 aliphatic carbocycles. The molecule has 5 heteroatoms. The number of amides is 1. The van der Waals surface area contributed by atoms with Crippen molar-refractivity contribution in [2.24, 2.45) is 5.92 Å². The SMILES string of the molecule is C/C=C1\C2C=C(C)CC1(NC(=O)OCC)c1ccc(=O)[nH]c1C2. The van der Waals surface area contributed by atoms with Gasteiger partial charge in [-0.3, -0.25) is 4.79 Å². The van der Waals surface area contributed by atoms with Gasteiger partial charge in [0.25, 0.3) is 0 Å². The number of hydrogen-bond acceptors (Lipinski definition) is 3. The number of carbonyl (C=O) groups excluding carboxylic acids is 1. The molecular formula is C18H22N2O3. The van der Waals surface area contributed by atoms with Gasteiger partial charge in [-0.1, -0.05) is 17.7 Å². The Kier molecular flexibility index (Phi) is 3.88. The summed E-state index contributed by atoms with van der Waals surface area (Å²) in [5, 5.41) is 3.08. The maximum absolute atomic E-state index is 12.2. The van der Waals surface area contributed by atoms with E-state index in [-0.39, 0.29) is 11.5 Å². The largest absolute Gasteiger partial charge is 0.450 e. The number of allylic oxidation sites excluding steroid dienone is 2. The number of H-pyrrole nitrogens is 1. The van der Waals surface area contributed by atoms with Crippen molar-refractivity contribution in [1.29, 1.82) is 0 Å². The molecule has 3 rings (SSSR count). The first kappa shape index (κ1) is 15.6. The minimum absolute atomic E-state index is 0.113. The Labute approximate surface area is 135 Å². The summed E-state index contributed by atoms with van der Waals surface area (Å²) in [5.41, 5.74) is 3.50. The zero-order chi connectivity index (χ0) is 16.6. The van der Waals surface area contributed by atoms with E-state index >= 15 is 0 Å². The number of aromatic amines is 1. The van der Waals surface area contributed by atoms with Crippen molar-refractivity contribution in [3.63, 3.8) is 0 Å². The second kappa shape index (κ2) is 5.72. The van der Waals surface area contributed by atoms with Gasteiger partial charge in [0.2, 0.25) is 5.56 Å². The highest BCUT2D eigenvalue weighted by Gasteiger charge is 2.48. The summed E-state index contributed by atoms with van der Waals surface area (Å²) in [6.07, 6.45) is 5.30. The predicted molar refractivity (Wildman–Crippen MR) is 88.2 cm³/mol. The number of pyridine rings is 1. The highest BCUT2D eigenvalue weighted by molar-refractivity contribution is 5.71. The van der Waals surface area contributed by atoms with Gasteiger partial charge in [-0.05, 0) is 45.3 Å². The Morgan fingerprint density at radius 1 is 1.52 bits per heavy atom. The summed E-state index contributed by atoms with van der Waals surface area (Å²) in [4.78, 5) is 26.8. The number of fused-ring (bicyclic) bond motifs is 4. The average molecular weight is 314 g/mol. The number of aromatic nitrogens is 1. The third-order valence-electron chi connectivity index (χ3n) is 4.71. The Morgan fingerprint density at radius 2 is 2.30 bits per heavy atom. The van der Waals surface area contributed by atoms with Gasteiger partial charge in [-0.2, -0.15) is 0 Å². The fourth-order valence-electron chi connectivity index (χ4n) is 4.03. The van der Waals surface area contributed by atoms with Crippen LogP contribution >= 0.6 is 0 Å². The van der Waals surface area contributed by atoms with Gasteiger partial charge >= 0.3 is 6.09 Å². The molecule has 5 nitrogen and oxygen atoms in total. The fraction of sp³-hybridized carbons (Fsp3) is 0.444. The standard InChI is InChI=1S/C18H22N2O3/c1-4-13-12-8-11(3)10-18(13,20-17(22)23-5-2)14-6-7-16(21)19-15(14)9-12/h4,6-8,12H,5,9-10H2,1-3H3,(H,19,21)(H,20,22)/b13-4+. The van der Waals surface area contributed by atoms with Crippen LogP contribution in [-0.2, 0) is 16.7 Å². The first-order valence-electron chi connectivity index (χ1n) is 8.01. The monoisotopic (exact) mass is 314 g/mol. The molecule has 0 aromatic carbocycles. The van der Waals surface area contributed by atoms with E-state index in [1.807, 2.05) is 13.0 Å². The highest BCUT2D eigenvalue weighted by Crippen LogP contribution is 2.49. The zero-order valence-corrected chi connectivity index (χ0v) is 13.7.